The van der Waals surface area contributed by atoms with Gasteiger partial charge in [-0.2, -0.15) is 5.26 Å². The summed E-state index contributed by atoms with van der Waals surface area (Å²) in [5, 5.41) is 9.02. The molecule has 0 aromatic heterocycles. The minimum absolute atomic E-state index is 0.131. The zero-order valence-electron chi connectivity index (χ0n) is 15.5. The number of aryl methyl sites for hydroxylation is 2. The quantitative estimate of drug-likeness (QED) is 0.521. The van der Waals surface area contributed by atoms with E-state index in [-0.39, 0.29) is 5.57 Å². The molecule has 0 unspecified atom stereocenters. The third kappa shape index (κ3) is 5.60. The SMILES string of the molecule is CCOc1cc(/C=C(\C#N)C(N)=O)cc(Br)c1OCc1cc(C)cc(C)c1. The Morgan fingerprint density at radius 1 is 1.19 bits per heavy atom. The van der Waals surface area contributed by atoms with Gasteiger partial charge in [0, 0.05) is 0 Å². The largest absolute Gasteiger partial charge is 0.490 e. The molecule has 0 aliphatic carbocycles. The lowest BCUT2D eigenvalue weighted by Gasteiger charge is -2.15. The molecule has 0 radical (unpaired) electrons. The van der Waals surface area contributed by atoms with Gasteiger partial charge in [-0.3, -0.25) is 4.79 Å². The first-order valence-electron chi connectivity index (χ1n) is 8.42. The van der Waals surface area contributed by atoms with E-state index in [0.717, 1.165) is 5.56 Å². The zero-order valence-corrected chi connectivity index (χ0v) is 17.1. The molecule has 0 atom stereocenters. The fourth-order valence-corrected chi connectivity index (χ4v) is 3.28. The molecule has 27 heavy (non-hydrogen) atoms. The first-order valence-corrected chi connectivity index (χ1v) is 9.21. The van der Waals surface area contributed by atoms with Gasteiger partial charge < -0.3 is 15.2 Å². The van der Waals surface area contributed by atoms with Crippen molar-refractivity contribution in [2.45, 2.75) is 27.4 Å². The van der Waals surface area contributed by atoms with Crippen molar-refractivity contribution >= 4 is 27.9 Å². The van der Waals surface area contributed by atoms with Gasteiger partial charge >= 0.3 is 0 Å². The van der Waals surface area contributed by atoms with Gasteiger partial charge in [0.2, 0.25) is 0 Å². The maximum atomic E-state index is 11.3. The molecule has 2 N–H and O–H groups in total. The Hall–Kier alpha value is -2.78. The number of carbonyl (C=O) groups is 1. The van der Waals surface area contributed by atoms with Crippen molar-refractivity contribution in [2.24, 2.45) is 5.73 Å². The topological polar surface area (TPSA) is 85.3 Å². The van der Waals surface area contributed by atoms with E-state index < -0.39 is 5.91 Å². The van der Waals surface area contributed by atoms with Crippen LogP contribution in [0.1, 0.15) is 29.2 Å². The summed E-state index contributed by atoms with van der Waals surface area (Å²) in [6, 6.07) is 11.5. The number of nitrogens with two attached hydrogens (primary N) is 1. The second-order valence-electron chi connectivity index (χ2n) is 6.08. The number of carbonyl (C=O) groups excluding carboxylic acids is 1. The highest BCUT2D eigenvalue weighted by Gasteiger charge is 2.13. The van der Waals surface area contributed by atoms with E-state index in [1.54, 1.807) is 18.2 Å². The van der Waals surface area contributed by atoms with Crippen molar-refractivity contribution in [1.82, 2.24) is 0 Å². The predicted octanol–water partition coefficient (Wildman–Crippen LogP) is 4.44. The van der Waals surface area contributed by atoms with Crippen LogP contribution >= 0.6 is 15.9 Å². The van der Waals surface area contributed by atoms with Crippen LogP contribution in [-0.2, 0) is 11.4 Å². The van der Waals surface area contributed by atoms with Gasteiger partial charge in [0.05, 0.1) is 11.1 Å². The minimum Gasteiger partial charge on any atom is -0.490 e. The summed E-state index contributed by atoms with van der Waals surface area (Å²) in [6.07, 6.45) is 1.42. The van der Waals surface area contributed by atoms with Gasteiger partial charge in [-0.15, -0.1) is 0 Å². The van der Waals surface area contributed by atoms with Crippen molar-refractivity contribution < 1.29 is 14.3 Å². The highest BCUT2D eigenvalue weighted by molar-refractivity contribution is 9.10. The molecule has 0 saturated heterocycles. The van der Waals surface area contributed by atoms with Crippen LogP contribution in [0.3, 0.4) is 0 Å². The summed E-state index contributed by atoms with van der Waals surface area (Å²) in [4.78, 5) is 11.3. The molecule has 2 aromatic rings. The van der Waals surface area contributed by atoms with Gasteiger partial charge in [0.15, 0.2) is 11.5 Å². The van der Waals surface area contributed by atoms with Crippen molar-refractivity contribution in [3.05, 3.63) is 62.6 Å². The third-order valence-electron chi connectivity index (χ3n) is 3.69. The van der Waals surface area contributed by atoms with Gasteiger partial charge in [0.1, 0.15) is 18.2 Å². The Labute approximate surface area is 167 Å². The standard InChI is InChI=1S/C21H21BrN2O3/c1-4-26-19-10-15(8-17(11-23)21(24)25)9-18(22)20(19)27-12-16-6-13(2)5-14(3)7-16/h5-10H,4,12H2,1-3H3,(H2,24,25)/b17-8+. The van der Waals surface area contributed by atoms with Crippen LogP contribution in [0.15, 0.2) is 40.4 Å². The van der Waals surface area contributed by atoms with Crippen LogP contribution in [-0.4, -0.2) is 12.5 Å². The number of primary amides is 1. The normalized spacial score (nSPS) is 11.0. The molecule has 2 aromatic carbocycles. The lowest BCUT2D eigenvalue weighted by Crippen LogP contribution is -2.12. The van der Waals surface area contributed by atoms with Gasteiger partial charge in [-0.25, -0.2) is 0 Å². The number of hydrogen-bond donors (Lipinski definition) is 1. The molecule has 6 heteroatoms. The molecule has 5 nitrogen and oxygen atoms in total. The lowest BCUT2D eigenvalue weighted by atomic mass is 10.1. The molecule has 0 fully saturated rings. The Morgan fingerprint density at radius 2 is 1.85 bits per heavy atom. The van der Waals surface area contributed by atoms with Crippen molar-refractivity contribution in [1.29, 1.82) is 5.26 Å². The number of nitriles is 1. The van der Waals surface area contributed by atoms with Crippen LogP contribution < -0.4 is 15.2 Å². The number of benzene rings is 2. The van der Waals surface area contributed by atoms with E-state index in [2.05, 4.69) is 34.1 Å². The fourth-order valence-electron chi connectivity index (χ4n) is 2.71. The van der Waals surface area contributed by atoms with E-state index in [0.29, 0.717) is 34.7 Å². The first kappa shape index (κ1) is 20.5. The molecule has 140 valence electrons. The van der Waals surface area contributed by atoms with Crippen molar-refractivity contribution in [2.75, 3.05) is 6.61 Å². The molecule has 0 bridgehead atoms. The van der Waals surface area contributed by atoms with Crippen LogP contribution in [0.5, 0.6) is 11.5 Å². The van der Waals surface area contributed by atoms with Crippen molar-refractivity contribution in [3.8, 4) is 17.6 Å². The van der Waals surface area contributed by atoms with Gasteiger partial charge in [0.25, 0.3) is 5.91 Å². The molecular formula is C21H21BrN2O3. The molecule has 0 spiro atoms. The number of nitrogens with zero attached hydrogens (tertiary/aromatic N) is 1. The van der Waals surface area contributed by atoms with E-state index >= 15 is 0 Å². The zero-order chi connectivity index (χ0) is 20.0. The number of hydrogen-bond acceptors (Lipinski definition) is 4. The molecule has 0 heterocycles. The van der Waals surface area contributed by atoms with Gasteiger partial charge in [-0.05, 0) is 66.0 Å². The molecule has 1 amide bonds. The highest BCUT2D eigenvalue weighted by Crippen LogP contribution is 2.38. The fraction of sp³-hybridized carbons (Fsp3) is 0.238. The monoisotopic (exact) mass is 428 g/mol. The number of halogens is 1. The molecular weight excluding hydrogens is 408 g/mol. The van der Waals surface area contributed by atoms with Crippen LogP contribution in [0.4, 0.5) is 0 Å². The summed E-state index contributed by atoms with van der Waals surface area (Å²) in [6.45, 7) is 6.80. The minimum atomic E-state index is -0.776. The Bertz CT molecular complexity index is 910. The smallest absolute Gasteiger partial charge is 0.259 e. The lowest BCUT2D eigenvalue weighted by molar-refractivity contribution is -0.114. The summed E-state index contributed by atoms with van der Waals surface area (Å²) < 4.78 is 12.3. The molecule has 0 aliphatic rings. The average Bonchev–Trinajstić information content (AvgIpc) is 2.58. The Balaban J connectivity index is 2.35. The first-order chi connectivity index (χ1) is 12.8. The second-order valence-corrected chi connectivity index (χ2v) is 6.94. The summed E-state index contributed by atoms with van der Waals surface area (Å²) in [5.41, 5.74) is 9.09. The maximum Gasteiger partial charge on any atom is 0.259 e. The van der Waals surface area contributed by atoms with E-state index in [1.807, 2.05) is 20.8 Å². The summed E-state index contributed by atoms with van der Waals surface area (Å²) in [5.74, 6) is 0.303. The van der Waals surface area contributed by atoms with E-state index in [1.165, 1.54) is 17.2 Å². The molecule has 0 saturated carbocycles. The van der Waals surface area contributed by atoms with Crippen LogP contribution in [0, 0.1) is 25.2 Å². The predicted molar refractivity (Wildman–Crippen MR) is 108 cm³/mol. The Kier molecular flexibility index (Phi) is 7.03. The summed E-state index contributed by atoms with van der Waals surface area (Å²) in [7, 11) is 0. The number of rotatable bonds is 7. The third-order valence-corrected chi connectivity index (χ3v) is 4.28. The highest BCUT2D eigenvalue weighted by atomic mass is 79.9. The average molecular weight is 429 g/mol. The Morgan fingerprint density at radius 3 is 2.41 bits per heavy atom. The summed E-state index contributed by atoms with van der Waals surface area (Å²) >= 11 is 3.49. The second kappa shape index (κ2) is 9.24. The number of ether oxygens (including phenoxy) is 2. The van der Waals surface area contributed by atoms with Crippen LogP contribution in [0.2, 0.25) is 0 Å². The van der Waals surface area contributed by atoms with E-state index in [9.17, 15) is 4.79 Å². The van der Waals surface area contributed by atoms with Crippen LogP contribution in [0.25, 0.3) is 6.08 Å². The number of amides is 1. The van der Waals surface area contributed by atoms with E-state index in [4.69, 9.17) is 20.5 Å². The molecule has 2 rings (SSSR count). The van der Waals surface area contributed by atoms with Gasteiger partial charge in [-0.1, -0.05) is 29.3 Å². The molecule has 0 aliphatic heterocycles. The van der Waals surface area contributed by atoms with Crippen molar-refractivity contribution in [3.63, 3.8) is 0 Å². The maximum absolute atomic E-state index is 11.3.